The maximum atomic E-state index is 13.3. The van der Waals surface area contributed by atoms with Gasteiger partial charge in [-0.1, -0.05) is 0 Å². The molecule has 3 aromatic heterocycles. The summed E-state index contributed by atoms with van der Waals surface area (Å²) in [5.41, 5.74) is 5.15. The van der Waals surface area contributed by atoms with E-state index in [2.05, 4.69) is 10.1 Å². The molecular formula is C19H14F3N5O2. The van der Waals surface area contributed by atoms with Crippen molar-refractivity contribution in [2.75, 3.05) is 0 Å². The first-order valence-electron chi connectivity index (χ1n) is 8.37. The van der Waals surface area contributed by atoms with Crippen molar-refractivity contribution in [2.45, 2.75) is 6.18 Å². The molecule has 0 saturated heterocycles. The highest BCUT2D eigenvalue weighted by Crippen LogP contribution is 2.37. The number of fused-ring (bicyclic) bond motifs is 1. The lowest BCUT2D eigenvalue weighted by Gasteiger charge is -2.14. The molecule has 0 aliphatic rings. The van der Waals surface area contributed by atoms with E-state index < -0.39 is 23.2 Å². The van der Waals surface area contributed by atoms with Crippen LogP contribution < -0.4 is 10.5 Å². The minimum atomic E-state index is -4.76. The number of hydrogen-bond acceptors (Lipinski definition) is 4. The Morgan fingerprint density at radius 3 is 2.62 bits per heavy atom. The summed E-state index contributed by atoms with van der Waals surface area (Å²) in [6.07, 6.45) is 1.94. The summed E-state index contributed by atoms with van der Waals surface area (Å²) in [4.78, 5) is 15.6. The second-order valence-corrected chi connectivity index (χ2v) is 6.35. The summed E-state index contributed by atoms with van der Waals surface area (Å²) >= 11 is 0. The number of aromatic nitrogens is 4. The van der Waals surface area contributed by atoms with Gasteiger partial charge >= 0.3 is 6.18 Å². The fourth-order valence-corrected chi connectivity index (χ4v) is 2.94. The first-order chi connectivity index (χ1) is 13.7. The number of carbonyl (C=O) groups is 1. The van der Waals surface area contributed by atoms with Gasteiger partial charge in [-0.3, -0.25) is 4.79 Å². The van der Waals surface area contributed by atoms with Gasteiger partial charge in [0.1, 0.15) is 11.3 Å². The van der Waals surface area contributed by atoms with Gasteiger partial charge in [0.05, 0.1) is 29.3 Å². The Morgan fingerprint density at radius 2 is 1.97 bits per heavy atom. The van der Waals surface area contributed by atoms with E-state index in [4.69, 9.17) is 10.5 Å². The minimum Gasteiger partial charge on any atom is -0.455 e. The number of rotatable bonds is 4. The van der Waals surface area contributed by atoms with E-state index in [-0.39, 0.29) is 11.5 Å². The van der Waals surface area contributed by atoms with Crippen molar-refractivity contribution in [3.05, 3.63) is 66.4 Å². The average molecular weight is 401 g/mol. The zero-order valence-electron chi connectivity index (χ0n) is 15.0. The van der Waals surface area contributed by atoms with Crippen LogP contribution in [0.5, 0.6) is 11.5 Å². The largest absolute Gasteiger partial charge is 0.455 e. The van der Waals surface area contributed by atoms with Crippen LogP contribution in [-0.2, 0) is 13.2 Å². The van der Waals surface area contributed by atoms with E-state index >= 15 is 0 Å². The third kappa shape index (κ3) is 3.51. The molecule has 0 unspecified atom stereocenters. The fourth-order valence-electron chi connectivity index (χ4n) is 2.94. The average Bonchev–Trinajstić information content (AvgIpc) is 3.29. The molecule has 0 fully saturated rings. The molecule has 148 valence electrons. The number of hydrogen-bond donors (Lipinski definition) is 1. The van der Waals surface area contributed by atoms with Crippen molar-refractivity contribution in [3.8, 4) is 22.8 Å². The summed E-state index contributed by atoms with van der Waals surface area (Å²) in [6.45, 7) is 0. The number of pyridine rings is 1. The molecule has 7 nitrogen and oxygen atoms in total. The summed E-state index contributed by atoms with van der Waals surface area (Å²) in [5.74, 6) is -0.978. The lowest BCUT2D eigenvalue weighted by Crippen LogP contribution is -2.18. The molecular weight excluding hydrogens is 387 g/mol. The van der Waals surface area contributed by atoms with Crippen LogP contribution in [0.2, 0.25) is 0 Å². The van der Waals surface area contributed by atoms with Crippen molar-refractivity contribution in [1.29, 1.82) is 0 Å². The standard InChI is InChI=1S/C19H14F3N5O2/c1-26-9-15(24-10-26)11-6-17(16-4-5-25-27(16)8-11)29-12-2-3-13(18(23)28)14(7-12)19(20,21)22/h2-10H,1H3,(H2,23,28). The molecule has 10 heteroatoms. The number of alkyl halides is 3. The lowest BCUT2D eigenvalue weighted by molar-refractivity contribution is -0.138. The van der Waals surface area contributed by atoms with Gasteiger partial charge in [0.2, 0.25) is 5.91 Å². The first-order valence-corrected chi connectivity index (χ1v) is 8.37. The van der Waals surface area contributed by atoms with Crippen LogP contribution in [-0.4, -0.2) is 25.1 Å². The summed E-state index contributed by atoms with van der Waals surface area (Å²) < 4.78 is 49.0. The van der Waals surface area contributed by atoms with E-state index in [0.29, 0.717) is 16.8 Å². The first kappa shape index (κ1) is 18.5. The summed E-state index contributed by atoms with van der Waals surface area (Å²) in [6, 6.07) is 6.33. The maximum Gasteiger partial charge on any atom is 0.417 e. The number of primary amides is 1. The van der Waals surface area contributed by atoms with Crippen LogP contribution in [0.15, 0.2) is 55.2 Å². The molecule has 1 amide bonds. The van der Waals surface area contributed by atoms with Crippen molar-refractivity contribution < 1.29 is 22.7 Å². The SMILES string of the molecule is Cn1cnc(-c2cc(Oc3ccc(C(N)=O)c(C(F)(F)F)c3)c3ccnn3c2)c1. The van der Waals surface area contributed by atoms with Crippen LogP contribution >= 0.6 is 0 Å². The Labute approximate surface area is 162 Å². The topological polar surface area (TPSA) is 87.4 Å². The molecule has 3 heterocycles. The van der Waals surface area contributed by atoms with Gasteiger partial charge in [0.15, 0.2) is 5.75 Å². The third-order valence-electron chi connectivity index (χ3n) is 4.26. The van der Waals surface area contributed by atoms with Crippen LogP contribution in [0.25, 0.3) is 16.8 Å². The monoisotopic (exact) mass is 401 g/mol. The molecule has 0 spiro atoms. The lowest BCUT2D eigenvalue weighted by atomic mass is 10.1. The fraction of sp³-hybridized carbons (Fsp3) is 0.105. The van der Waals surface area contributed by atoms with Crippen LogP contribution in [0, 0.1) is 0 Å². The molecule has 4 rings (SSSR count). The normalized spacial score (nSPS) is 11.7. The van der Waals surface area contributed by atoms with Crippen LogP contribution in [0.1, 0.15) is 15.9 Å². The molecule has 4 aromatic rings. The molecule has 0 atom stereocenters. The maximum absolute atomic E-state index is 13.3. The van der Waals surface area contributed by atoms with Gasteiger partial charge in [-0.05, 0) is 30.3 Å². The number of amides is 1. The zero-order valence-corrected chi connectivity index (χ0v) is 15.0. The van der Waals surface area contributed by atoms with Gasteiger partial charge in [-0.15, -0.1) is 0 Å². The second kappa shape index (κ2) is 6.66. The van der Waals surface area contributed by atoms with Crippen molar-refractivity contribution >= 4 is 11.4 Å². The van der Waals surface area contributed by atoms with Gasteiger partial charge < -0.3 is 15.0 Å². The molecule has 1 aromatic carbocycles. The minimum absolute atomic E-state index is 0.0939. The van der Waals surface area contributed by atoms with Crippen molar-refractivity contribution in [1.82, 2.24) is 19.2 Å². The Hall–Kier alpha value is -3.82. The Kier molecular flexibility index (Phi) is 4.26. The van der Waals surface area contributed by atoms with Crippen molar-refractivity contribution in [2.24, 2.45) is 12.8 Å². The van der Waals surface area contributed by atoms with Crippen molar-refractivity contribution in [3.63, 3.8) is 0 Å². The molecule has 0 aliphatic carbocycles. The highest BCUT2D eigenvalue weighted by molar-refractivity contribution is 5.94. The predicted octanol–water partition coefficient (Wildman–Crippen LogP) is 3.64. The summed E-state index contributed by atoms with van der Waals surface area (Å²) in [7, 11) is 1.82. The highest BCUT2D eigenvalue weighted by atomic mass is 19.4. The number of nitrogens with zero attached hydrogens (tertiary/aromatic N) is 4. The van der Waals surface area contributed by atoms with Crippen LogP contribution in [0.4, 0.5) is 13.2 Å². The van der Waals surface area contributed by atoms with E-state index in [1.54, 1.807) is 46.1 Å². The Morgan fingerprint density at radius 1 is 1.17 bits per heavy atom. The molecule has 0 radical (unpaired) electrons. The van der Waals surface area contributed by atoms with Gasteiger partial charge in [-0.25, -0.2) is 9.50 Å². The number of imidazole rings is 1. The summed E-state index contributed by atoms with van der Waals surface area (Å²) in [5, 5.41) is 4.17. The Balaban J connectivity index is 1.80. The molecule has 29 heavy (non-hydrogen) atoms. The smallest absolute Gasteiger partial charge is 0.417 e. The molecule has 0 bridgehead atoms. The number of carbonyl (C=O) groups excluding carboxylic acids is 1. The van der Waals surface area contributed by atoms with E-state index in [1.807, 2.05) is 7.05 Å². The highest BCUT2D eigenvalue weighted by Gasteiger charge is 2.35. The van der Waals surface area contributed by atoms with E-state index in [9.17, 15) is 18.0 Å². The Bertz CT molecular complexity index is 1230. The van der Waals surface area contributed by atoms with E-state index in [0.717, 1.165) is 12.1 Å². The molecule has 0 saturated carbocycles. The van der Waals surface area contributed by atoms with Crippen LogP contribution in [0.3, 0.4) is 0 Å². The third-order valence-corrected chi connectivity index (χ3v) is 4.26. The second-order valence-electron chi connectivity index (χ2n) is 6.35. The number of nitrogens with two attached hydrogens (primary N) is 1. The number of benzene rings is 1. The molecule has 0 aliphatic heterocycles. The van der Waals surface area contributed by atoms with Gasteiger partial charge in [-0.2, -0.15) is 18.3 Å². The van der Waals surface area contributed by atoms with E-state index in [1.165, 1.54) is 6.07 Å². The predicted molar refractivity (Wildman–Crippen MR) is 97.4 cm³/mol. The number of aryl methyl sites for hydroxylation is 1. The number of halogens is 3. The van der Waals surface area contributed by atoms with Gasteiger partial charge in [0.25, 0.3) is 0 Å². The van der Waals surface area contributed by atoms with Gasteiger partial charge in [0, 0.05) is 25.0 Å². The quantitative estimate of drug-likeness (QED) is 0.566. The number of ether oxygens (including phenoxy) is 1. The molecule has 2 N–H and O–H groups in total. The zero-order chi connectivity index (χ0) is 20.8.